The summed E-state index contributed by atoms with van der Waals surface area (Å²) in [7, 11) is -9.76. The lowest BCUT2D eigenvalue weighted by atomic mass is 9.79. The van der Waals surface area contributed by atoms with Gasteiger partial charge in [-0.1, -0.05) is 30.3 Å². The molecular formula is C20H15N3O8S2. The van der Waals surface area contributed by atoms with Gasteiger partial charge < -0.3 is 17.2 Å². The van der Waals surface area contributed by atoms with Crippen LogP contribution in [0.5, 0.6) is 0 Å². The Morgan fingerprint density at radius 1 is 0.667 bits per heavy atom. The zero-order valence-electron chi connectivity index (χ0n) is 16.4. The molecule has 3 aromatic rings. The minimum absolute atomic E-state index is 0.0113. The quantitative estimate of drug-likeness (QED) is 0.204. The van der Waals surface area contributed by atoms with Gasteiger partial charge in [-0.3, -0.25) is 18.7 Å². The first kappa shape index (κ1) is 22.4. The van der Waals surface area contributed by atoms with Gasteiger partial charge in [0.2, 0.25) is 0 Å². The molecule has 4 rings (SSSR count). The Labute approximate surface area is 187 Å². The first-order valence-electron chi connectivity index (χ1n) is 9.03. The number of carbonyl (C=O) groups is 2. The predicted octanol–water partition coefficient (Wildman–Crippen LogP) is 1.37. The van der Waals surface area contributed by atoms with Gasteiger partial charge in [0.15, 0.2) is 11.6 Å². The van der Waals surface area contributed by atoms with E-state index < -0.39 is 64.2 Å². The molecule has 0 fully saturated rings. The number of hydrogen-bond donors (Lipinski definition) is 5. The van der Waals surface area contributed by atoms with E-state index in [1.807, 2.05) is 0 Å². The van der Waals surface area contributed by atoms with Gasteiger partial charge in [-0.2, -0.15) is 16.8 Å². The average molecular weight is 489 g/mol. The number of rotatable bonds is 3. The Kier molecular flexibility index (Phi) is 4.83. The highest BCUT2D eigenvalue weighted by Crippen LogP contribution is 2.45. The van der Waals surface area contributed by atoms with Crippen LogP contribution in [-0.2, 0) is 20.2 Å². The number of carbonyl (C=O) groups excluding carboxylic acids is 2. The van der Waals surface area contributed by atoms with Crippen LogP contribution in [-0.4, -0.2) is 37.5 Å². The normalized spacial score (nSPS) is 13.5. The van der Waals surface area contributed by atoms with Crippen molar-refractivity contribution >= 4 is 48.9 Å². The smallest absolute Gasteiger partial charge is 0.298 e. The monoisotopic (exact) mass is 489 g/mol. The second kappa shape index (κ2) is 7.11. The average Bonchev–Trinajstić information content (AvgIpc) is 2.69. The van der Waals surface area contributed by atoms with E-state index >= 15 is 0 Å². The second-order valence-electron chi connectivity index (χ2n) is 7.19. The van der Waals surface area contributed by atoms with Crippen LogP contribution in [0.4, 0.5) is 17.1 Å². The largest absolute Gasteiger partial charge is 0.398 e. The summed E-state index contributed by atoms with van der Waals surface area (Å²) < 4.78 is 66.2. The maximum Gasteiger partial charge on any atom is 0.298 e. The maximum absolute atomic E-state index is 13.4. The third kappa shape index (κ3) is 3.34. The summed E-state index contributed by atoms with van der Waals surface area (Å²) in [6, 6.07) is 8.82. The molecule has 0 unspecified atom stereocenters. The fourth-order valence-corrected chi connectivity index (χ4v) is 5.25. The highest BCUT2D eigenvalue weighted by Gasteiger charge is 2.38. The van der Waals surface area contributed by atoms with Crippen LogP contribution in [0.1, 0.15) is 31.8 Å². The Morgan fingerprint density at radius 2 is 1.18 bits per heavy atom. The van der Waals surface area contributed by atoms with E-state index in [1.165, 1.54) is 24.3 Å². The first-order valence-corrected chi connectivity index (χ1v) is 11.9. The molecule has 13 heteroatoms. The molecule has 0 aromatic heterocycles. The van der Waals surface area contributed by atoms with Crippen molar-refractivity contribution in [2.45, 2.75) is 9.79 Å². The van der Waals surface area contributed by atoms with Crippen LogP contribution >= 0.6 is 0 Å². The zero-order valence-corrected chi connectivity index (χ0v) is 18.1. The van der Waals surface area contributed by atoms with Gasteiger partial charge in [0, 0.05) is 22.3 Å². The number of nitrogen functional groups attached to an aromatic ring is 3. The Balaban J connectivity index is 2.19. The molecule has 0 bridgehead atoms. The lowest BCUT2D eigenvalue weighted by Gasteiger charge is -2.25. The lowest BCUT2D eigenvalue weighted by Crippen LogP contribution is -2.26. The Hall–Kier alpha value is -3.78. The Morgan fingerprint density at radius 3 is 1.67 bits per heavy atom. The van der Waals surface area contributed by atoms with E-state index in [0.29, 0.717) is 0 Å². The molecule has 0 spiro atoms. The molecule has 8 N–H and O–H groups in total. The number of anilines is 3. The molecular weight excluding hydrogens is 474 g/mol. The molecule has 11 nitrogen and oxygen atoms in total. The van der Waals surface area contributed by atoms with Crippen molar-refractivity contribution in [3.05, 3.63) is 64.7 Å². The molecule has 0 atom stereocenters. The molecule has 0 amide bonds. The maximum atomic E-state index is 13.4. The second-order valence-corrected chi connectivity index (χ2v) is 9.94. The van der Waals surface area contributed by atoms with Crippen molar-refractivity contribution in [1.29, 1.82) is 0 Å². The van der Waals surface area contributed by atoms with Gasteiger partial charge in [-0.25, -0.2) is 0 Å². The molecule has 33 heavy (non-hydrogen) atoms. The molecule has 0 radical (unpaired) electrons. The van der Waals surface area contributed by atoms with E-state index in [-0.39, 0.29) is 27.8 Å². The van der Waals surface area contributed by atoms with Crippen LogP contribution < -0.4 is 17.2 Å². The van der Waals surface area contributed by atoms with E-state index in [0.717, 1.165) is 18.2 Å². The minimum atomic E-state index is -5.07. The van der Waals surface area contributed by atoms with Crippen molar-refractivity contribution in [3.63, 3.8) is 0 Å². The molecule has 3 aromatic carbocycles. The number of hydrogen-bond acceptors (Lipinski definition) is 9. The van der Waals surface area contributed by atoms with E-state index in [1.54, 1.807) is 0 Å². The topological polar surface area (TPSA) is 221 Å². The fourth-order valence-electron chi connectivity index (χ4n) is 3.89. The first-order chi connectivity index (χ1) is 15.2. The molecule has 0 aliphatic heterocycles. The van der Waals surface area contributed by atoms with Gasteiger partial charge in [0.25, 0.3) is 20.2 Å². The summed E-state index contributed by atoms with van der Waals surface area (Å²) in [5.41, 5.74) is 14.7. The summed E-state index contributed by atoms with van der Waals surface area (Å²) in [6.45, 7) is 0. The van der Waals surface area contributed by atoms with Crippen molar-refractivity contribution in [1.82, 2.24) is 0 Å². The van der Waals surface area contributed by atoms with Crippen LogP contribution in [0.2, 0.25) is 0 Å². The van der Waals surface area contributed by atoms with Crippen molar-refractivity contribution < 1.29 is 35.5 Å². The van der Waals surface area contributed by atoms with E-state index in [9.17, 15) is 35.5 Å². The van der Waals surface area contributed by atoms with Gasteiger partial charge in [-0.15, -0.1) is 0 Å². The van der Waals surface area contributed by atoms with Gasteiger partial charge in [0.1, 0.15) is 9.79 Å². The summed E-state index contributed by atoms with van der Waals surface area (Å²) >= 11 is 0. The summed E-state index contributed by atoms with van der Waals surface area (Å²) in [4.78, 5) is 25.0. The number of fused-ring (bicyclic) bond motifs is 2. The highest BCUT2D eigenvalue weighted by molar-refractivity contribution is 7.86. The third-order valence-corrected chi connectivity index (χ3v) is 7.12. The molecule has 1 aliphatic carbocycles. The minimum Gasteiger partial charge on any atom is -0.398 e. The zero-order chi connectivity index (χ0) is 24.5. The summed E-state index contributed by atoms with van der Waals surface area (Å²) in [6.07, 6.45) is 0. The lowest BCUT2D eigenvalue weighted by molar-refractivity contribution is 0.0980. The van der Waals surface area contributed by atoms with Crippen LogP contribution in [0, 0.1) is 0 Å². The number of benzene rings is 3. The van der Waals surface area contributed by atoms with Gasteiger partial charge in [0.05, 0.1) is 22.6 Å². The van der Waals surface area contributed by atoms with Crippen molar-refractivity contribution in [2.75, 3.05) is 17.2 Å². The molecule has 0 heterocycles. The summed E-state index contributed by atoms with van der Waals surface area (Å²) in [5, 5.41) is 0. The number of nitrogens with two attached hydrogens (primary N) is 3. The van der Waals surface area contributed by atoms with Crippen molar-refractivity contribution in [3.8, 4) is 11.1 Å². The highest BCUT2D eigenvalue weighted by atomic mass is 32.2. The fraction of sp³-hybridized carbons (Fsp3) is 0. The summed E-state index contributed by atoms with van der Waals surface area (Å²) in [5.74, 6) is -1.47. The van der Waals surface area contributed by atoms with E-state index in [4.69, 9.17) is 17.2 Å². The predicted molar refractivity (Wildman–Crippen MR) is 118 cm³/mol. The molecule has 0 saturated carbocycles. The van der Waals surface area contributed by atoms with Crippen LogP contribution in [0.15, 0.2) is 52.3 Å². The molecule has 170 valence electrons. The van der Waals surface area contributed by atoms with Crippen molar-refractivity contribution in [2.24, 2.45) is 0 Å². The van der Waals surface area contributed by atoms with Gasteiger partial charge in [-0.05, 0) is 17.7 Å². The Bertz CT molecular complexity index is 1630. The SMILES string of the molecule is Nc1cc(-c2c(N)c(S(=O)(=O)O)c(N)c3c2C(=O)c2ccccc2C3=O)ccc1S(=O)(=O)O. The molecule has 0 saturated heterocycles. The number of ketones is 2. The standard InChI is InChI=1S/C20H15N3O8S2/c21-11-7-8(5-6-12(11)32(26,27)28)13-14-15(17(23)20(16(13)22)33(29,30)31)19(25)10-4-2-1-3-9(10)18(14)24/h1-7H,21-23H2,(H,26,27,28)(H,29,30,31). The third-order valence-electron chi connectivity index (χ3n) is 5.23. The van der Waals surface area contributed by atoms with Crippen LogP contribution in [0.3, 0.4) is 0 Å². The van der Waals surface area contributed by atoms with E-state index in [2.05, 4.69) is 0 Å². The van der Waals surface area contributed by atoms with Gasteiger partial charge >= 0.3 is 0 Å². The van der Waals surface area contributed by atoms with Crippen LogP contribution in [0.25, 0.3) is 11.1 Å². The molecule has 1 aliphatic rings.